The highest BCUT2D eigenvalue weighted by molar-refractivity contribution is 5.39. The summed E-state index contributed by atoms with van der Waals surface area (Å²) in [6.07, 6.45) is 3.19. The second kappa shape index (κ2) is 7.43. The maximum absolute atomic E-state index is 12.2. The Labute approximate surface area is 167 Å². The topological polar surface area (TPSA) is 46.2 Å². The normalized spacial score (nSPS) is 27.8. The van der Waals surface area contributed by atoms with Gasteiger partial charge in [0, 0.05) is 31.2 Å². The summed E-state index contributed by atoms with van der Waals surface area (Å²) < 4.78 is 1.15. The van der Waals surface area contributed by atoms with E-state index >= 15 is 0 Å². The fourth-order valence-electron chi connectivity index (χ4n) is 5.35. The van der Waals surface area contributed by atoms with Crippen molar-refractivity contribution in [1.29, 1.82) is 0 Å². The first-order valence-corrected chi connectivity index (χ1v) is 9.53. The van der Waals surface area contributed by atoms with Crippen LogP contribution in [0.5, 0.6) is 0 Å². The Morgan fingerprint density at radius 3 is 1.65 bits per heavy atom. The Morgan fingerprint density at radius 1 is 0.846 bits per heavy atom. The predicted octanol–water partition coefficient (Wildman–Crippen LogP) is -0.114. The first-order valence-electron chi connectivity index (χ1n) is 9.53. The summed E-state index contributed by atoms with van der Waals surface area (Å²) in [7, 11) is 0. The molecule has 3 N–H and O–H groups in total. The van der Waals surface area contributed by atoms with Crippen molar-refractivity contribution in [1.82, 2.24) is 0 Å². The summed E-state index contributed by atoms with van der Waals surface area (Å²) in [6, 6.07) is 20.6. The van der Waals surface area contributed by atoms with Gasteiger partial charge in [0.15, 0.2) is 0 Å². The van der Waals surface area contributed by atoms with Crippen molar-refractivity contribution in [2.75, 3.05) is 32.7 Å². The molecule has 3 heterocycles. The summed E-state index contributed by atoms with van der Waals surface area (Å²) in [5.41, 5.74) is 6.93. The van der Waals surface area contributed by atoms with Gasteiger partial charge in [0.05, 0.1) is 26.2 Å². The number of hydrogen-bond donors (Lipinski definition) is 2. The molecule has 3 nitrogen and oxygen atoms in total. The Balaban J connectivity index is 0.00000196. The average molecular weight is 417 g/mol. The van der Waals surface area contributed by atoms with Gasteiger partial charge in [-0.15, -0.1) is 0 Å². The van der Waals surface area contributed by atoms with Crippen LogP contribution >= 0.6 is 0 Å². The zero-order valence-corrected chi connectivity index (χ0v) is 16.9. The Bertz CT molecular complexity index is 655. The van der Waals surface area contributed by atoms with Crippen LogP contribution in [0.4, 0.5) is 0 Å². The molecule has 2 bridgehead atoms. The van der Waals surface area contributed by atoms with E-state index in [0.29, 0.717) is 0 Å². The van der Waals surface area contributed by atoms with Crippen LogP contribution in [0.15, 0.2) is 60.7 Å². The molecule has 140 valence electrons. The maximum Gasteiger partial charge on any atom is 0.121 e. The van der Waals surface area contributed by atoms with Gasteiger partial charge in [0.2, 0.25) is 0 Å². The van der Waals surface area contributed by atoms with Crippen LogP contribution in [0.2, 0.25) is 0 Å². The molecule has 3 aliphatic heterocycles. The zero-order chi connectivity index (χ0) is 17.4. The van der Waals surface area contributed by atoms with E-state index in [1.165, 1.54) is 0 Å². The molecule has 0 aromatic heterocycles. The van der Waals surface area contributed by atoms with Crippen LogP contribution in [-0.2, 0) is 5.60 Å². The van der Waals surface area contributed by atoms with Crippen LogP contribution in [0.3, 0.4) is 0 Å². The quantitative estimate of drug-likeness (QED) is 0.667. The molecule has 0 aliphatic carbocycles. The molecular weight excluding hydrogens is 388 g/mol. The van der Waals surface area contributed by atoms with Crippen molar-refractivity contribution >= 4 is 0 Å². The largest absolute Gasteiger partial charge is 1.00 e. The lowest BCUT2D eigenvalue weighted by Crippen LogP contribution is -3.00. The summed E-state index contributed by atoms with van der Waals surface area (Å²) in [4.78, 5) is 0. The van der Waals surface area contributed by atoms with E-state index in [-0.39, 0.29) is 22.4 Å². The Morgan fingerprint density at radius 2 is 1.27 bits per heavy atom. The monoisotopic (exact) mass is 416 g/mol. The number of hydrogen-bond acceptors (Lipinski definition) is 2. The molecule has 3 aliphatic rings. The van der Waals surface area contributed by atoms with Crippen molar-refractivity contribution < 1.29 is 26.6 Å². The third-order valence-corrected chi connectivity index (χ3v) is 6.95. The van der Waals surface area contributed by atoms with Gasteiger partial charge in [-0.1, -0.05) is 60.7 Å². The molecule has 0 unspecified atom stereocenters. The van der Waals surface area contributed by atoms with Crippen LogP contribution in [0, 0.1) is 5.41 Å². The van der Waals surface area contributed by atoms with Gasteiger partial charge in [-0.3, -0.25) is 0 Å². The lowest BCUT2D eigenvalue weighted by Gasteiger charge is -2.60. The molecule has 3 saturated heterocycles. The standard InChI is InChI=1S/C22H29N2O.BrH/c23-14-18-24-15-11-21(12-16-24,13-17-24)22(25,19-7-3-1-4-8-19)20-9-5-2-6-10-20;/h1-10,25H,11-18,23H2;1H/q+1;/p-1. The van der Waals surface area contributed by atoms with Crippen molar-refractivity contribution in [3.05, 3.63) is 71.8 Å². The molecular formula is C22H29BrN2O. The van der Waals surface area contributed by atoms with Crippen molar-refractivity contribution in [2.24, 2.45) is 11.1 Å². The van der Waals surface area contributed by atoms with Crippen LogP contribution in [0.1, 0.15) is 30.4 Å². The molecule has 2 aromatic rings. The SMILES string of the molecule is NCC[N+]12CCC(C(O)(c3ccccc3)c3ccccc3)(CC1)CC2.[Br-]. The van der Waals surface area contributed by atoms with Gasteiger partial charge >= 0.3 is 0 Å². The molecule has 4 heteroatoms. The smallest absolute Gasteiger partial charge is 0.121 e. The molecule has 2 aromatic carbocycles. The number of halogens is 1. The number of piperidine rings is 3. The summed E-state index contributed by atoms with van der Waals surface area (Å²) in [6.45, 7) is 5.25. The fourth-order valence-corrected chi connectivity index (χ4v) is 5.35. The zero-order valence-electron chi connectivity index (χ0n) is 15.3. The molecule has 5 rings (SSSR count). The average Bonchev–Trinajstić information content (AvgIpc) is 2.70. The van der Waals surface area contributed by atoms with Gasteiger partial charge in [0.25, 0.3) is 0 Å². The van der Waals surface area contributed by atoms with Crippen LogP contribution in [-0.4, -0.2) is 42.3 Å². The first-order chi connectivity index (χ1) is 12.1. The van der Waals surface area contributed by atoms with E-state index in [9.17, 15) is 5.11 Å². The third-order valence-electron chi connectivity index (χ3n) is 6.95. The molecule has 0 atom stereocenters. The minimum atomic E-state index is -0.922. The maximum atomic E-state index is 12.2. The second-order valence-corrected chi connectivity index (χ2v) is 8.00. The second-order valence-electron chi connectivity index (χ2n) is 8.00. The van der Waals surface area contributed by atoms with E-state index < -0.39 is 5.60 Å². The van der Waals surface area contributed by atoms with Gasteiger partial charge < -0.3 is 32.3 Å². The lowest BCUT2D eigenvalue weighted by molar-refractivity contribution is -0.945. The highest BCUT2D eigenvalue weighted by Gasteiger charge is 2.60. The van der Waals surface area contributed by atoms with Gasteiger partial charge in [-0.05, 0) is 11.1 Å². The number of nitrogens with zero attached hydrogens (tertiary/aromatic N) is 1. The molecule has 0 radical (unpaired) electrons. The van der Waals surface area contributed by atoms with E-state index in [2.05, 4.69) is 24.3 Å². The molecule has 3 fully saturated rings. The first kappa shape index (κ1) is 19.6. The highest BCUT2D eigenvalue weighted by Crippen LogP contribution is 2.57. The Hall–Kier alpha value is -1.20. The number of quaternary nitrogens is 1. The number of aliphatic hydroxyl groups is 1. The number of nitrogens with two attached hydrogens (primary N) is 1. The highest BCUT2D eigenvalue weighted by atomic mass is 79.9. The third kappa shape index (κ3) is 2.93. The van der Waals surface area contributed by atoms with Crippen molar-refractivity contribution in [3.8, 4) is 0 Å². The van der Waals surface area contributed by atoms with E-state index in [1.807, 2.05) is 36.4 Å². The predicted molar refractivity (Wildman–Crippen MR) is 101 cm³/mol. The van der Waals surface area contributed by atoms with Gasteiger partial charge in [0.1, 0.15) is 5.60 Å². The van der Waals surface area contributed by atoms with Crippen molar-refractivity contribution in [3.63, 3.8) is 0 Å². The van der Waals surface area contributed by atoms with Crippen LogP contribution < -0.4 is 22.7 Å². The van der Waals surface area contributed by atoms with Gasteiger partial charge in [-0.2, -0.15) is 0 Å². The number of benzene rings is 2. The molecule has 26 heavy (non-hydrogen) atoms. The summed E-state index contributed by atoms with van der Waals surface area (Å²) in [5, 5.41) is 12.2. The minimum absolute atomic E-state index is 0. The number of rotatable bonds is 5. The van der Waals surface area contributed by atoms with E-state index in [4.69, 9.17) is 5.73 Å². The molecule has 0 saturated carbocycles. The Kier molecular flexibility index (Phi) is 5.59. The summed E-state index contributed by atoms with van der Waals surface area (Å²) in [5.74, 6) is 0. The summed E-state index contributed by atoms with van der Waals surface area (Å²) >= 11 is 0. The van der Waals surface area contributed by atoms with Crippen LogP contribution in [0.25, 0.3) is 0 Å². The van der Waals surface area contributed by atoms with E-state index in [1.54, 1.807) is 0 Å². The van der Waals surface area contributed by atoms with Crippen molar-refractivity contribution in [2.45, 2.75) is 24.9 Å². The fraction of sp³-hybridized carbons (Fsp3) is 0.455. The van der Waals surface area contributed by atoms with Gasteiger partial charge in [-0.25, -0.2) is 0 Å². The minimum Gasteiger partial charge on any atom is -1.00 e. The number of fused-ring (bicyclic) bond motifs is 3. The van der Waals surface area contributed by atoms with E-state index in [0.717, 1.165) is 67.6 Å². The molecule has 0 amide bonds. The molecule has 0 spiro atoms. The lowest BCUT2D eigenvalue weighted by atomic mass is 9.56.